The lowest BCUT2D eigenvalue weighted by molar-refractivity contribution is -0.114. The van der Waals surface area contributed by atoms with Crippen LogP contribution >= 0.6 is 0 Å². The summed E-state index contributed by atoms with van der Waals surface area (Å²) in [4.78, 5) is 23.7. The Kier molecular flexibility index (Phi) is 3.85. The number of nitrogens with one attached hydrogen (secondary N) is 1. The molecule has 25 heavy (non-hydrogen) atoms. The van der Waals surface area contributed by atoms with Gasteiger partial charge in [0.05, 0.1) is 13.0 Å². The summed E-state index contributed by atoms with van der Waals surface area (Å²) in [6, 6.07) is 9.84. The zero-order chi connectivity index (χ0) is 17.2. The molecule has 4 rings (SSSR count). The number of carbonyl (C=O) groups is 1. The van der Waals surface area contributed by atoms with E-state index in [1.807, 2.05) is 12.1 Å². The van der Waals surface area contributed by atoms with Gasteiger partial charge in [0.1, 0.15) is 11.5 Å². The van der Waals surface area contributed by atoms with Gasteiger partial charge in [0.25, 0.3) is 0 Å². The molecule has 6 heteroatoms. The Morgan fingerprint density at radius 2 is 2.12 bits per heavy atom. The molecule has 0 bridgehead atoms. The highest BCUT2D eigenvalue weighted by molar-refractivity contribution is 6.14. The van der Waals surface area contributed by atoms with Crippen LogP contribution in [0.15, 0.2) is 59.5 Å². The summed E-state index contributed by atoms with van der Waals surface area (Å²) in [5.41, 5.74) is 2.45. The van der Waals surface area contributed by atoms with Crippen LogP contribution in [0.3, 0.4) is 0 Å². The van der Waals surface area contributed by atoms with E-state index in [1.54, 1.807) is 30.6 Å². The molecule has 1 saturated heterocycles. The van der Waals surface area contributed by atoms with Crippen LogP contribution in [-0.4, -0.2) is 21.6 Å². The fourth-order valence-corrected chi connectivity index (χ4v) is 2.65. The fraction of sp³-hybridized carbons (Fsp3) is 0.105. The number of hydrogen-bond donors (Lipinski definition) is 1. The standard InChI is InChI=1S/C19H14FN3O2/c20-14-5-3-12(4-6-14)10-22-18-9-16(24)17(25-18)8-13-11-23-19-15(13)2-1-7-21-19/h1-8,11H,9-10H2,(H,21,23)/b17-8-,22-18?. The lowest BCUT2D eigenvalue weighted by Crippen LogP contribution is -1.95. The SMILES string of the molecule is O=C1CC(=NCc2ccc(F)cc2)O/C1=C\c1c[nH]c2ncccc12. The largest absolute Gasteiger partial charge is 0.439 e. The molecule has 0 amide bonds. The number of fused-ring (bicyclic) bond motifs is 1. The van der Waals surface area contributed by atoms with Gasteiger partial charge in [-0.2, -0.15) is 0 Å². The number of rotatable bonds is 3. The molecular weight excluding hydrogens is 321 g/mol. The average molecular weight is 335 g/mol. The second-order valence-corrected chi connectivity index (χ2v) is 5.69. The molecule has 3 aromatic rings. The van der Waals surface area contributed by atoms with Crippen molar-refractivity contribution in [2.45, 2.75) is 13.0 Å². The van der Waals surface area contributed by atoms with Crippen molar-refractivity contribution in [1.82, 2.24) is 9.97 Å². The van der Waals surface area contributed by atoms with E-state index in [9.17, 15) is 9.18 Å². The molecule has 5 nitrogen and oxygen atoms in total. The van der Waals surface area contributed by atoms with Crippen LogP contribution in [-0.2, 0) is 16.1 Å². The first-order valence-corrected chi connectivity index (χ1v) is 7.82. The van der Waals surface area contributed by atoms with Gasteiger partial charge in [-0.1, -0.05) is 12.1 Å². The first-order chi connectivity index (χ1) is 12.2. The number of nitrogens with zero attached hydrogens (tertiary/aromatic N) is 2. The predicted molar refractivity (Wildman–Crippen MR) is 92.3 cm³/mol. The van der Waals surface area contributed by atoms with Crippen LogP contribution < -0.4 is 0 Å². The summed E-state index contributed by atoms with van der Waals surface area (Å²) < 4.78 is 18.5. The summed E-state index contributed by atoms with van der Waals surface area (Å²) in [5, 5.41) is 0.920. The molecule has 1 aromatic carbocycles. The molecular formula is C19H14FN3O2. The van der Waals surface area contributed by atoms with Crippen LogP contribution in [0.5, 0.6) is 0 Å². The second kappa shape index (κ2) is 6.32. The number of allylic oxidation sites excluding steroid dienone is 1. The Bertz CT molecular complexity index is 1000. The lowest BCUT2D eigenvalue weighted by Gasteiger charge is -1.99. The van der Waals surface area contributed by atoms with E-state index in [-0.39, 0.29) is 23.8 Å². The number of aromatic amines is 1. The van der Waals surface area contributed by atoms with Crippen molar-refractivity contribution in [2.24, 2.45) is 4.99 Å². The highest BCUT2D eigenvalue weighted by Crippen LogP contribution is 2.23. The Morgan fingerprint density at radius 1 is 1.28 bits per heavy atom. The van der Waals surface area contributed by atoms with Crippen molar-refractivity contribution in [3.05, 3.63) is 71.5 Å². The normalized spacial score (nSPS) is 17.6. The van der Waals surface area contributed by atoms with Crippen molar-refractivity contribution in [3.63, 3.8) is 0 Å². The molecule has 3 heterocycles. The van der Waals surface area contributed by atoms with E-state index in [2.05, 4.69) is 15.0 Å². The van der Waals surface area contributed by atoms with E-state index in [4.69, 9.17) is 4.74 Å². The minimum Gasteiger partial charge on any atom is -0.439 e. The van der Waals surface area contributed by atoms with Gasteiger partial charge in [0.15, 0.2) is 11.7 Å². The van der Waals surface area contributed by atoms with Gasteiger partial charge in [0, 0.05) is 23.3 Å². The maximum atomic E-state index is 12.9. The average Bonchev–Trinajstić information content (AvgIpc) is 3.19. The summed E-state index contributed by atoms with van der Waals surface area (Å²) in [6.45, 7) is 0.340. The summed E-state index contributed by atoms with van der Waals surface area (Å²) in [7, 11) is 0. The third-order valence-electron chi connectivity index (χ3n) is 3.94. The summed E-state index contributed by atoms with van der Waals surface area (Å²) in [5.74, 6) is 0.236. The Morgan fingerprint density at radius 3 is 2.96 bits per heavy atom. The zero-order valence-corrected chi connectivity index (χ0v) is 13.2. The second-order valence-electron chi connectivity index (χ2n) is 5.69. The van der Waals surface area contributed by atoms with Crippen molar-refractivity contribution < 1.29 is 13.9 Å². The third kappa shape index (κ3) is 3.19. The van der Waals surface area contributed by atoms with E-state index in [0.29, 0.717) is 12.4 Å². The smallest absolute Gasteiger partial charge is 0.207 e. The number of Topliss-reactive ketones (excluding diaryl/α,β-unsaturated/α-hetero) is 1. The molecule has 1 fully saturated rings. The number of H-pyrrole nitrogens is 1. The molecule has 1 aliphatic rings. The zero-order valence-electron chi connectivity index (χ0n) is 13.2. The van der Waals surface area contributed by atoms with E-state index >= 15 is 0 Å². The number of hydrogen-bond acceptors (Lipinski definition) is 4. The van der Waals surface area contributed by atoms with Crippen LogP contribution in [0.25, 0.3) is 17.1 Å². The van der Waals surface area contributed by atoms with Gasteiger partial charge in [-0.25, -0.2) is 9.37 Å². The highest BCUT2D eigenvalue weighted by atomic mass is 19.1. The maximum absolute atomic E-state index is 12.9. The number of ketones is 1. The van der Waals surface area contributed by atoms with Gasteiger partial charge in [-0.05, 0) is 35.9 Å². The molecule has 0 spiro atoms. The number of ether oxygens (including phenoxy) is 1. The first-order valence-electron chi connectivity index (χ1n) is 7.82. The number of aromatic nitrogens is 2. The Hall–Kier alpha value is -3.28. The van der Waals surface area contributed by atoms with Crippen molar-refractivity contribution >= 4 is 28.8 Å². The minimum absolute atomic E-state index is 0.115. The number of benzene rings is 1. The molecule has 1 aliphatic heterocycles. The van der Waals surface area contributed by atoms with Crippen LogP contribution in [0.2, 0.25) is 0 Å². The number of carbonyl (C=O) groups excluding carboxylic acids is 1. The van der Waals surface area contributed by atoms with Gasteiger partial charge >= 0.3 is 0 Å². The predicted octanol–water partition coefficient (Wildman–Crippen LogP) is 3.63. The molecule has 0 unspecified atom stereocenters. The quantitative estimate of drug-likeness (QED) is 0.743. The molecule has 0 aliphatic carbocycles. The Balaban J connectivity index is 1.53. The van der Waals surface area contributed by atoms with Gasteiger partial charge in [-0.3, -0.25) is 9.79 Å². The number of halogens is 1. The highest BCUT2D eigenvalue weighted by Gasteiger charge is 2.25. The molecule has 0 saturated carbocycles. The monoisotopic (exact) mass is 335 g/mol. The molecule has 0 atom stereocenters. The minimum atomic E-state index is -0.290. The summed E-state index contributed by atoms with van der Waals surface area (Å²) in [6.07, 6.45) is 5.32. The maximum Gasteiger partial charge on any atom is 0.207 e. The number of aliphatic imine (C=N–C) groups is 1. The van der Waals surface area contributed by atoms with Crippen molar-refractivity contribution in [2.75, 3.05) is 0 Å². The lowest BCUT2D eigenvalue weighted by atomic mass is 10.1. The summed E-state index contributed by atoms with van der Waals surface area (Å²) >= 11 is 0. The first kappa shape index (κ1) is 15.3. The molecule has 1 N–H and O–H groups in total. The van der Waals surface area contributed by atoms with Crippen LogP contribution in [0.4, 0.5) is 4.39 Å². The van der Waals surface area contributed by atoms with Crippen LogP contribution in [0, 0.1) is 5.82 Å². The molecule has 2 aromatic heterocycles. The van der Waals surface area contributed by atoms with Crippen LogP contribution in [0.1, 0.15) is 17.5 Å². The van der Waals surface area contributed by atoms with E-state index < -0.39 is 0 Å². The van der Waals surface area contributed by atoms with E-state index in [0.717, 1.165) is 22.2 Å². The van der Waals surface area contributed by atoms with Gasteiger partial charge < -0.3 is 9.72 Å². The van der Waals surface area contributed by atoms with Crippen molar-refractivity contribution in [1.29, 1.82) is 0 Å². The molecule has 124 valence electrons. The Labute approximate surface area is 142 Å². The van der Waals surface area contributed by atoms with E-state index in [1.165, 1.54) is 12.1 Å². The van der Waals surface area contributed by atoms with Crippen molar-refractivity contribution in [3.8, 4) is 0 Å². The number of pyridine rings is 1. The third-order valence-corrected chi connectivity index (χ3v) is 3.94. The fourth-order valence-electron chi connectivity index (χ4n) is 2.65. The topological polar surface area (TPSA) is 67.3 Å². The molecule has 0 radical (unpaired) electrons. The van der Waals surface area contributed by atoms with Gasteiger partial charge in [0.2, 0.25) is 5.78 Å². The van der Waals surface area contributed by atoms with Gasteiger partial charge in [-0.15, -0.1) is 0 Å².